The number of carbonyl (C=O) groups excluding carboxylic acids is 2. The summed E-state index contributed by atoms with van der Waals surface area (Å²) in [7, 11) is 0. The number of hydrogen-bond acceptors (Lipinski definition) is 7. The van der Waals surface area contributed by atoms with Crippen LogP contribution in [0.3, 0.4) is 0 Å². The predicted molar refractivity (Wildman–Crippen MR) is 35.5 cm³/mol. The largest absolute Gasteiger partial charge is 0.450 e. The second-order valence-corrected chi connectivity index (χ2v) is 2.51. The maximum absolute atomic E-state index is 10.8. The van der Waals surface area contributed by atoms with Gasteiger partial charge in [0.25, 0.3) is 5.78 Å². The molecule has 13 heavy (non-hydrogen) atoms. The zero-order valence-corrected chi connectivity index (χ0v) is 6.41. The zero-order valence-electron chi connectivity index (χ0n) is 6.41. The molecule has 0 saturated carbocycles. The first-order valence-corrected chi connectivity index (χ1v) is 3.45. The van der Waals surface area contributed by atoms with Gasteiger partial charge in [-0.05, 0) is 0 Å². The molecule has 0 aliphatic carbocycles. The molecule has 1 saturated heterocycles. The van der Waals surface area contributed by atoms with E-state index in [-0.39, 0.29) is 0 Å². The summed E-state index contributed by atoms with van der Waals surface area (Å²) < 4.78 is 4.35. The summed E-state index contributed by atoms with van der Waals surface area (Å²) in [5, 5.41) is 25.7. The third-order valence-corrected chi connectivity index (χ3v) is 1.68. The van der Waals surface area contributed by atoms with Gasteiger partial charge in [-0.1, -0.05) is 0 Å². The lowest BCUT2D eigenvalue weighted by Gasteiger charge is -2.17. The highest BCUT2D eigenvalue weighted by Gasteiger charge is 2.48. The minimum absolute atomic E-state index is 0.703. The average Bonchev–Trinajstić information content (AvgIpc) is 2.42. The highest BCUT2D eigenvalue weighted by atomic mass is 17.1. The van der Waals surface area contributed by atoms with Crippen molar-refractivity contribution in [2.24, 2.45) is 0 Å². The van der Waals surface area contributed by atoms with Crippen LogP contribution < -0.4 is 0 Å². The summed E-state index contributed by atoms with van der Waals surface area (Å²) >= 11 is 0. The highest BCUT2D eigenvalue weighted by Crippen LogP contribution is 2.17. The van der Waals surface area contributed by atoms with Crippen molar-refractivity contribution in [1.82, 2.24) is 0 Å². The van der Waals surface area contributed by atoms with Gasteiger partial charge in [0, 0.05) is 0 Å². The molecule has 0 radical (unpaired) electrons. The van der Waals surface area contributed by atoms with Crippen molar-refractivity contribution in [3.8, 4) is 0 Å². The molecule has 1 aliphatic heterocycles. The summed E-state index contributed by atoms with van der Waals surface area (Å²) in [6.07, 6.45) is -4.36. The molecule has 0 amide bonds. The second-order valence-electron chi connectivity index (χ2n) is 2.51. The molecule has 3 N–H and O–H groups in total. The van der Waals surface area contributed by atoms with Crippen molar-refractivity contribution >= 4 is 11.8 Å². The Labute approximate surface area is 72.4 Å². The number of hydrogen-bond donors (Lipinski definition) is 3. The van der Waals surface area contributed by atoms with Gasteiger partial charge in [-0.2, -0.15) is 0 Å². The van der Waals surface area contributed by atoms with E-state index in [1.54, 1.807) is 0 Å². The van der Waals surface area contributed by atoms with Crippen LogP contribution in [0.5, 0.6) is 0 Å². The number of aliphatic hydroxyl groups is 2. The minimum atomic E-state index is -1.56. The van der Waals surface area contributed by atoms with Crippen LogP contribution in [0.25, 0.3) is 0 Å². The molecule has 0 aromatic carbocycles. The third kappa shape index (κ3) is 1.68. The Morgan fingerprint density at radius 1 is 1.54 bits per heavy atom. The maximum atomic E-state index is 10.8. The van der Waals surface area contributed by atoms with Crippen molar-refractivity contribution in [1.29, 1.82) is 0 Å². The van der Waals surface area contributed by atoms with Crippen LogP contribution in [0.1, 0.15) is 0 Å². The number of rotatable bonds is 3. The van der Waals surface area contributed by atoms with Crippen molar-refractivity contribution in [2.45, 2.75) is 18.3 Å². The van der Waals surface area contributed by atoms with E-state index in [4.69, 9.17) is 15.5 Å². The van der Waals surface area contributed by atoms with Crippen molar-refractivity contribution in [2.75, 3.05) is 6.61 Å². The quantitative estimate of drug-likeness (QED) is 0.199. The fraction of sp³-hybridized carbons (Fsp3) is 0.667. The van der Waals surface area contributed by atoms with Gasteiger partial charge in [0.1, 0.15) is 6.10 Å². The normalized spacial score (nSPS) is 30.4. The summed E-state index contributed by atoms with van der Waals surface area (Å²) in [6.45, 7) is -0.703. The molecular formula is C6H8O7. The average molecular weight is 192 g/mol. The van der Waals surface area contributed by atoms with E-state index in [1.165, 1.54) is 0 Å². The van der Waals surface area contributed by atoms with E-state index in [0.717, 1.165) is 0 Å². The molecule has 0 aromatic heterocycles. The number of ether oxygens (including phenoxy) is 1. The Hall–Kier alpha value is -1.02. The lowest BCUT2D eigenvalue weighted by molar-refractivity contribution is -0.285. The number of esters is 1. The molecule has 7 nitrogen and oxygen atoms in total. The van der Waals surface area contributed by atoms with E-state index >= 15 is 0 Å². The van der Waals surface area contributed by atoms with E-state index in [9.17, 15) is 9.59 Å². The summed E-state index contributed by atoms with van der Waals surface area (Å²) in [4.78, 5) is 25.1. The van der Waals surface area contributed by atoms with Gasteiger partial charge in [0.05, 0.1) is 6.61 Å². The summed E-state index contributed by atoms with van der Waals surface area (Å²) in [6, 6.07) is 0. The van der Waals surface area contributed by atoms with Crippen molar-refractivity contribution < 1.29 is 34.7 Å². The fourth-order valence-corrected chi connectivity index (χ4v) is 1.00. The van der Waals surface area contributed by atoms with Gasteiger partial charge >= 0.3 is 5.97 Å². The van der Waals surface area contributed by atoms with Crippen molar-refractivity contribution in [3.63, 3.8) is 0 Å². The molecule has 74 valence electrons. The van der Waals surface area contributed by atoms with Crippen molar-refractivity contribution in [3.05, 3.63) is 0 Å². The van der Waals surface area contributed by atoms with Gasteiger partial charge < -0.3 is 14.9 Å². The molecule has 1 heterocycles. The Kier molecular flexibility index (Phi) is 2.94. The van der Waals surface area contributed by atoms with E-state index < -0.39 is 36.7 Å². The second kappa shape index (κ2) is 3.79. The number of cyclic esters (lactones) is 1. The molecule has 1 unspecified atom stereocenters. The molecule has 1 aliphatic rings. The molecular weight excluding hydrogens is 184 g/mol. The SMILES string of the molecule is O=C1O[C@H]([C@@H](O)CO)C(OO)C1=O. The van der Waals surface area contributed by atoms with E-state index in [0.29, 0.717) is 0 Å². The Bertz CT molecular complexity index is 225. The van der Waals surface area contributed by atoms with Crippen LogP contribution in [0.4, 0.5) is 0 Å². The topological polar surface area (TPSA) is 113 Å². The number of carbonyl (C=O) groups is 2. The lowest BCUT2D eigenvalue weighted by Crippen LogP contribution is -2.40. The highest BCUT2D eigenvalue weighted by molar-refractivity contribution is 6.37. The van der Waals surface area contributed by atoms with E-state index in [1.807, 2.05) is 0 Å². The first kappa shape index (κ1) is 10.1. The van der Waals surface area contributed by atoms with Crippen LogP contribution in [0.15, 0.2) is 0 Å². The van der Waals surface area contributed by atoms with Crippen LogP contribution in [-0.2, 0) is 19.2 Å². The third-order valence-electron chi connectivity index (χ3n) is 1.68. The van der Waals surface area contributed by atoms with Gasteiger partial charge in [0.15, 0.2) is 6.10 Å². The molecule has 7 heteroatoms. The minimum Gasteiger partial charge on any atom is -0.450 e. The predicted octanol–water partition coefficient (Wildman–Crippen LogP) is -2.31. The Morgan fingerprint density at radius 3 is 2.62 bits per heavy atom. The van der Waals surface area contributed by atoms with Gasteiger partial charge in [-0.3, -0.25) is 10.1 Å². The van der Waals surface area contributed by atoms with Gasteiger partial charge in [-0.25, -0.2) is 9.68 Å². The fourth-order valence-electron chi connectivity index (χ4n) is 1.00. The monoisotopic (exact) mass is 192 g/mol. The Balaban J connectivity index is 2.76. The molecule has 0 aromatic rings. The van der Waals surface area contributed by atoms with Gasteiger partial charge in [-0.15, -0.1) is 0 Å². The standard InChI is InChI=1S/C6H8O7/c7-1-2(8)4-5(13-11)3(9)6(10)12-4/h2,4-5,7-8,11H,1H2/t2-,4+,5?/m0/s1. The van der Waals surface area contributed by atoms with Crippen LogP contribution in [0, 0.1) is 0 Å². The van der Waals surface area contributed by atoms with Crippen LogP contribution in [-0.4, -0.2) is 52.1 Å². The number of ketones is 1. The zero-order chi connectivity index (χ0) is 10.0. The molecule has 3 atom stereocenters. The number of Topliss-reactive ketones (excluding diaryl/α,β-unsaturated/α-hetero) is 1. The molecule has 1 fully saturated rings. The lowest BCUT2D eigenvalue weighted by atomic mass is 10.1. The first-order chi connectivity index (χ1) is 6.11. The number of aliphatic hydroxyl groups excluding tert-OH is 2. The molecule has 0 spiro atoms. The van der Waals surface area contributed by atoms with Crippen LogP contribution >= 0.6 is 0 Å². The smallest absolute Gasteiger partial charge is 0.378 e. The van der Waals surface area contributed by atoms with E-state index in [2.05, 4.69) is 9.62 Å². The van der Waals surface area contributed by atoms with Gasteiger partial charge in [0.2, 0.25) is 6.10 Å². The summed E-state index contributed by atoms with van der Waals surface area (Å²) in [5.41, 5.74) is 0. The first-order valence-electron chi connectivity index (χ1n) is 3.45. The van der Waals surface area contributed by atoms with Crippen LogP contribution in [0.2, 0.25) is 0 Å². The molecule has 0 bridgehead atoms. The molecule has 1 rings (SSSR count). The maximum Gasteiger partial charge on any atom is 0.378 e. The Morgan fingerprint density at radius 2 is 2.15 bits per heavy atom. The summed E-state index contributed by atoms with van der Waals surface area (Å²) in [5.74, 6) is -2.28.